The van der Waals surface area contributed by atoms with Crippen LogP contribution in [0.4, 0.5) is 5.69 Å². The van der Waals surface area contributed by atoms with E-state index in [0.29, 0.717) is 13.0 Å². The van der Waals surface area contributed by atoms with E-state index < -0.39 is 18.5 Å². The fraction of sp³-hybridized carbons (Fsp3) is 0.348. The van der Waals surface area contributed by atoms with Gasteiger partial charge in [-0.1, -0.05) is 35.9 Å². The molecule has 2 aromatic carbocycles. The summed E-state index contributed by atoms with van der Waals surface area (Å²) in [4.78, 5) is 35.5. The number of hydrogen-bond acceptors (Lipinski definition) is 5. The van der Waals surface area contributed by atoms with E-state index in [4.69, 9.17) is 9.47 Å². The van der Waals surface area contributed by atoms with E-state index in [2.05, 4.69) is 10.6 Å². The Kier molecular flexibility index (Phi) is 8.87. The van der Waals surface area contributed by atoms with E-state index >= 15 is 0 Å². The summed E-state index contributed by atoms with van der Waals surface area (Å²) in [7, 11) is 0. The summed E-state index contributed by atoms with van der Waals surface area (Å²) in [5.41, 5.74) is 3.76. The first kappa shape index (κ1) is 22.9. The number of esters is 1. The smallest absolute Gasteiger partial charge is 0.306 e. The van der Waals surface area contributed by atoms with Gasteiger partial charge < -0.3 is 20.1 Å². The third-order valence-corrected chi connectivity index (χ3v) is 4.37. The molecule has 0 saturated heterocycles. The number of benzene rings is 2. The Bertz CT molecular complexity index is 857. The maximum Gasteiger partial charge on any atom is 0.306 e. The van der Waals surface area contributed by atoms with Gasteiger partial charge in [0.15, 0.2) is 6.61 Å². The van der Waals surface area contributed by atoms with Gasteiger partial charge in [-0.3, -0.25) is 14.4 Å². The number of anilines is 1. The first-order valence-corrected chi connectivity index (χ1v) is 9.83. The van der Waals surface area contributed by atoms with Crippen molar-refractivity contribution in [3.63, 3.8) is 0 Å². The summed E-state index contributed by atoms with van der Waals surface area (Å²) >= 11 is 0. The number of amides is 2. The molecule has 0 atom stereocenters. The highest BCUT2D eigenvalue weighted by Crippen LogP contribution is 2.19. The molecule has 2 N–H and O–H groups in total. The normalized spacial score (nSPS) is 10.2. The molecular formula is C23H28N2O5. The number of hydrogen-bond donors (Lipinski definition) is 2. The van der Waals surface area contributed by atoms with Crippen LogP contribution >= 0.6 is 0 Å². The van der Waals surface area contributed by atoms with Crippen LogP contribution < -0.4 is 15.4 Å². The molecule has 30 heavy (non-hydrogen) atoms. The molecule has 160 valence electrons. The molecule has 0 saturated carbocycles. The lowest BCUT2D eigenvalue weighted by Gasteiger charge is -2.12. The molecule has 0 unspecified atom stereocenters. The lowest BCUT2D eigenvalue weighted by Crippen LogP contribution is -2.35. The summed E-state index contributed by atoms with van der Waals surface area (Å²) < 4.78 is 10.5. The average Bonchev–Trinajstić information content (AvgIpc) is 2.72. The first-order valence-electron chi connectivity index (χ1n) is 9.83. The molecule has 7 heteroatoms. The third-order valence-electron chi connectivity index (χ3n) is 4.37. The van der Waals surface area contributed by atoms with Crippen LogP contribution in [-0.4, -0.2) is 37.5 Å². The SMILES string of the molecule is Cc1ccc(OCCCC(=O)OCC(=O)NCC(=O)Nc2c(C)cccc2C)cc1. The molecule has 0 heterocycles. The van der Waals surface area contributed by atoms with E-state index in [0.717, 1.165) is 28.1 Å². The molecule has 2 aromatic rings. The van der Waals surface area contributed by atoms with Crippen LogP contribution in [0.2, 0.25) is 0 Å². The molecule has 0 fully saturated rings. The molecule has 0 aromatic heterocycles. The second kappa shape index (κ2) is 11.6. The number of carbonyl (C=O) groups excluding carboxylic acids is 3. The predicted octanol–water partition coefficient (Wildman–Crippen LogP) is 3.07. The zero-order valence-electron chi connectivity index (χ0n) is 17.6. The monoisotopic (exact) mass is 412 g/mol. The van der Waals surface area contributed by atoms with Crippen molar-refractivity contribution in [3.05, 3.63) is 59.2 Å². The quantitative estimate of drug-likeness (QED) is 0.462. The number of ether oxygens (including phenoxy) is 2. The minimum Gasteiger partial charge on any atom is -0.494 e. The van der Waals surface area contributed by atoms with Gasteiger partial charge in [0.25, 0.3) is 5.91 Å². The van der Waals surface area contributed by atoms with Crippen molar-refractivity contribution in [1.29, 1.82) is 0 Å². The molecule has 0 aliphatic carbocycles. The van der Waals surface area contributed by atoms with Crippen LogP contribution in [0.1, 0.15) is 29.5 Å². The third kappa shape index (κ3) is 7.95. The van der Waals surface area contributed by atoms with Gasteiger partial charge >= 0.3 is 5.97 Å². The van der Waals surface area contributed by atoms with Crippen molar-refractivity contribution in [2.24, 2.45) is 0 Å². The molecule has 0 aliphatic heterocycles. The van der Waals surface area contributed by atoms with Gasteiger partial charge in [0.1, 0.15) is 5.75 Å². The largest absolute Gasteiger partial charge is 0.494 e. The highest BCUT2D eigenvalue weighted by molar-refractivity contribution is 5.96. The first-order chi connectivity index (χ1) is 14.3. The Balaban J connectivity index is 1.59. The van der Waals surface area contributed by atoms with Crippen LogP contribution in [0, 0.1) is 20.8 Å². The highest BCUT2D eigenvalue weighted by atomic mass is 16.5. The number of aryl methyl sites for hydroxylation is 3. The average molecular weight is 412 g/mol. The lowest BCUT2D eigenvalue weighted by molar-refractivity contribution is -0.148. The van der Waals surface area contributed by atoms with E-state index in [1.807, 2.05) is 63.2 Å². The Morgan fingerprint density at radius 1 is 0.900 bits per heavy atom. The maximum absolute atomic E-state index is 12.0. The van der Waals surface area contributed by atoms with Crippen molar-refractivity contribution in [2.75, 3.05) is 25.1 Å². The Morgan fingerprint density at radius 2 is 1.57 bits per heavy atom. The lowest BCUT2D eigenvalue weighted by atomic mass is 10.1. The van der Waals surface area contributed by atoms with E-state index in [1.165, 1.54) is 0 Å². The summed E-state index contributed by atoms with van der Waals surface area (Å²) in [5, 5.41) is 5.21. The topological polar surface area (TPSA) is 93.7 Å². The number of nitrogens with one attached hydrogen (secondary N) is 2. The minimum atomic E-state index is -0.532. The molecule has 0 bridgehead atoms. The molecule has 7 nitrogen and oxygen atoms in total. The van der Waals surface area contributed by atoms with Gasteiger partial charge in [0.05, 0.1) is 13.2 Å². The summed E-state index contributed by atoms with van der Waals surface area (Å²) in [5.74, 6) is -0.624. The van der Waals surface area contributed by atoms with Crippen LogP contribution in [0.25, 0.3) is 0 Å². The Labute approximate surface area is 176 Å². The number of para-hydroxylation sites is 1. The van der Waals surface area contributed by atoms with Crippen molar-refractivity contribution in [1.82, 2.24) is 5.32 Å². The molecule has 2 rings (SSSR count). The minimum absolute atomic E-state index is 0.145. The van der Waals surface area contributed by atoms with Crippen LogP contribution in [0.3, 0.4) is 0 Å². The van der Waals surface area contributed by atoms with Gasteiger partial charge in [-0.2, -0.15) is 0 Å². The molecule has 0 radical (unpaired) electrons. The van der Waals surface area contributed by atoms with Crippen molar-refractivity contribution in [3.8, 4) is 5.75 Å². The standard InChI is InChI=1S/C23H28N2O5/c1-16-9-11-19(12-10-16)29-13-5-8-22(28)30-15-21(27)24-14-20(26)25-23-17(2)6-4-7-18(23)3/h4,6-7,9-12H,5,8,13-15H2,1-3H3,(H,24,27)(H,25,26). The van der Waals surface area contributed by atoms with Crippen LogP contribution in [0.5, 0.6) is 5.75 Å². The number of carbonyl (C=O) groups is 3. The van der Waals surface area contributed by atoms with E-state index in [9.17, 15) is 14.4 Å². The van der Waals surface area contributed by atoms with Crippen LogP contribution in [-0.2, 0) is 19.1 Å². The zero-order chi connectivity index (χ0) is 21.9. The van der Waals surface area contributed by atoms with E-state index in [-0.39, 0.29) is 18.9 Å². The Morgan fingerprint density at radius 3 is 2.23 bits per heavy atom. The van der Waals surface area contributed by atoms with Crippen molar-refractivity contribution in [2.45, 2.75) is 33.6 Å². The van der Waals surface area contributed by atoms with Gasteiger partial charge in [-0.15, -0.1) is 0 Å². The second-order valence-electron chi connectivity index (χ2n) is 7.02. The number of rotatable bonds is 10. The second-order valence-corrected chi connectivity index (χ2v) is 7.02. The zero-order valence-corrected chi connectivity index (χ0v) is 17.6. The fourth-order valence-corrected chi connectivity index (χ4v) is 2.68. The summed E-state index contributed by atoms with van der Waals surface area (Å²) in [6.45, 7) is 5.54. The van der Waals surface area contributed by atoms with Gasteiger partial charge in [0, 0.05) is 12.1 Å². The van der Waals surface area contributed by atoms with Crippen molar-refractivity contribution >= 4 is 23.5 Å². The van der Waals surface area contributed by atoms with Crippen molar-refractivity contribution < 1.29 is 23.9 Å². The van der Waals surface area contributed by atoms with Gasteiger partial charge in [0.2, 0.25) is 5.91 Å². The van der Waals surface area contributed by atoms with Gasteiger partial charge in [-0.05, 0) is 50.5 Å². The van der Waals surface area contributed by atoms with Gasteiger partial charge in [-0.25, -0.2) is 0 Å². The molecule has 0 aliphatic rings. The highest BCUT2D eigenvalue weighted by Gasteiger charge is 2.11. The molecule has 2 amide bonds. The summed E-state index contributed by atoms with van der Waals surface area (Å²) in [6, 6.07) is 13.3. The van der Waals surface area contributed by atoms with E-state index in [1.54, 1.807) is 0 Å². The fourth-order valence-electron chi connectivity index (χ4n) is 2.68. The predicted molar refractivity (Wildman–Crippen MR) is 114 cm³/mol. The summed E-state index contributed by atoms with van der Waals surface area (Å²) in [6.07, 6.45) is 0.624. The van der Waals surface area contributed by atoms with Crippen LogP contribution in [0.15, 0.2) is 42.5 Å². The molecule has 0 spiro atoms. The maximum atomic E-state index is 12.0. The molecular weight excluding hydrogens is 384 g/mol. The Hall–Kier alpha value is -3.35.